The van der Waals surface area contributed by atoms with E-state index in [1.807, 2.05) is 13.8 Å². The molecule has 2 rings (SSSR count). The Balaban J connectivity index is 0.00000264. The van der Waals surface area contributed by atoms with E-state index in [-0.39, 0.29) is 30.0 Å². The Hall–Kier alpha value is 0.0400. The van der Waals surface area contributed by atoms with Crippen molar-refractivity contribution < 1.29 is 17.9 Å². The van der Waals surface area contributed by atoms with Gasteiger partial charge in [0.25, 0.3) is 10.2 Å². The predicted octanol–water partition coefficient (Wildman–Crippen LogP) is 0.368. The smallest absolute Gasteiger partial charge is 0.279 e. The largest absolute Gasteiger partial charge is 0.384 e. The van der Waals surface area contributed by atoms with Crippen LogP contribution in [0.3, 0.4) is 0 Å². The van der Waals surface area contributed by atoms with Crippen LogP contribution in [0, 0.1) is 5.41 Å². The number of halogens is 1. The zero-order valence-electron chi connectivity index (χ0n) is 14.2. The molecule has 2 atom stereocenters. The van der Waals surface area contributed by atoms with Gasteiger partial charge in [-0.3, -0.25) is 0 Å². The molecular weight excluding hydrogens is 342 g/mol. The van der Waals surface area contributed by atoms with Crippen LogP contribution in [0.15, 0.2) is 0 Å². The second-order valence-corrected chi connectivity index (χ2v) is 8.28. The van der Waals surface area contributed by atoms with Gasteiger partial charge in [-0.25, -0.2) is 4.72 Å². The van der Waals surface area contributed by atoms with E-state index in [4.69, 9.17) is 9.47 Å². The normalized spacial score (nSPS) is 29.0. The first-order valence-electron chi connectivity index (χ1n) is 7.96. The van der Waals surface area contributed by atoms with Crippen molar-refractivity contribution in [3.8, 4) is 0 Å². The topological polar surface area (TPSA) is 79.9 Å². The summed E-state index contributed by atoms with van der Waals surface area (Å²) in [7, 11) is -1.82. The number of nitrogens with zero attached hydrogens (tertiary/aromatic N) is 1. The monoisotopic (exact) mass is 371 g/mol. The van der Waals surface area contributed by atoms with E-state index in [1.54, 1.807) is 7.11 Å². The van der Waals surface area contributed by atoms with E-state index < -0.39 is 10.2 Å². The van der Waals surface area contributed by atoms with Crippen molar-refractivity contribution in [3.63, 3.8) is 0 Å². The fourth-order valence-electron chi connectivity index (χ4n) is 3.17. The highest BCUT2D eigenvalue weighted by atomic mass is 35.5. The van der Waals surface area contributed by atoms with Gasteiger partial charge in [0.15, 0.2) is 0 Å². The molecule has 0 saturated carbocycles. The molecule has 138 valence electrons. The molecule has 0 amide bonds. The van der Waals surface area contributed by atoms with Crippen LogP contribution in [0.1, 0.15) is 26.7 Å². The molecule has 2 aliphatic heterocycles. The van der Waals surface area contributed by atoms with Gasteiger partial charge in [0.05, 0.1) is 19.3 Å². The highest BCUT2D eigenvalue weighted by Crippen LogP contribution is 2.29. The lowest BCUT2D eigenvalue weighted by atomic mass is 9.80. The van der Waals surface area contributed by atoms with Crippen molar-refractivity contribution in [2.45, 2.75) is 38.8 Å². The number of ether oxygens (including phenoxy) is 2. The molecule has 0 radical (unpaired) electrons. The molecule has 0 aromatic heterocycles. The summed E-state index contributed by atoms with van der Waals surface area (Å²) in [5.41, 5.74) is -0.117. The van der Waals surface area contributed by atoms with Gasteiger partial charge in [-0.1, -0.05) is 0 Å². The second kappa shape index (κ2) is 8.94. The lowest BCUT2D eigenvalue weighted by Crippen LogP contribution is -2.56. The molecule has 2 unspecified atom stereocenters. The summed E-state index contributed by atoms with van der Waals surface area (Å²) in [6.07, 6.45) is 1.76. The molecule has 0 aliphatic carbocycles. The second-order valence-electron chi connectivity index (χ2n) is 6.57. The third-order valence-corrected chi connectivity index (χ3v) is 6.24. The van der Waals surface area contributed by atoms with E-state index in [9.17, 15) is 8.42 Å². The number of piperidine rings is 1. The minimum Gasteiger partial charge on any atom is -0.384 e. The molecule has 0 aromatic carbocycles. The van der Waals surface area contributed by atoms with Crippen molar-refractivity contribution in [2.75, 3.05) is 46.5 Å². The van der Waals surface area contributed by atoms with Crippen LogP contribution in [0.2, 0.25) is 0 Å². The molecule has 7 nitrogen and oxygen atoms in total. The molecule has 23 heavy (non-hydrogen) atoms. The third-order valence-electron chi connectivity index (χ3n) is 4.60. The van der Waals surface area contributed by atoms with Crippen LogP contribution < -0.4 is 10.0 Å². The average molecular weight is 372 g/mol. The lowest BCUT2D eigenvalue weighted by Gasteiger charge is -2.39. The van der Waals surface area contributed by atoms with Gasteiger partial charge in [-0.15, -0.1) is 12.4 Å². The third kappa shape index (κ3) is 5.52. The molecule has 2 aliphatic rings. The van der Waals surface area contributed by atoms with Crippen molar-refractivity contribution in [3.05, 3.63) is 0 Å². The van der Waals surface area contributed by atoms with Crippen LogP contribution in [0.5, 0.6) is 0 Å². The van der Waals surface area contributed by atoms with Crippen LogP contribution in [0.25, 0.3) is 0 Å². The van der Waals surface area contributed by atoms with E-state index in [0.29, 0.717) is 26.3 Å². The van der Waals surface area contributed by atoms with Gasteiger partial charge in [0, 0.05) is 31.7 Å². The van der Waals surface area contributed by atoms with E-state index >= 15 is 0 Å². The Morgan fingerprint density at radius 1 is 1.35 bits per heavy atom. The summed E-state index contributed by atoms with van der Waals surface area (Å²) >= 11 is 0. The van der Waals surface area contributed by atoms with Crippen LogP contribution in [-0.4, -0.2) is 71.4 Å². The van der Waals surface area contributed by atoms with Crippen molar-refractivity contribution in [1.82, 2.24) is 14.3 Å². The number of hydrogen-bond acceptors (Lipinski definition) is 5. The summed E-state index contributed by atoms with van der Waals surface area (Å²) in [5, 5.41) is 3.31. The van der Waals surface area contributed by atoms with Crippen molar-refractivity contribution in [1.29, 1.82) is 0 Å². The molecule has 2 fully saturated rings. The van der Waals surface area contributed by atoms with E-state index in [2.05, 4.69) is 10.0 Å². The Kier molecular flexibility index (Phi) is 8.19. The first-order valence-corrected chi connectivity index (χ1v) is 9.40. The maximum Gasteiger partial charge on any atom is 0.279 e. The van der Waals surface area contributed by atoms with Crippen LogP contribution in [0.4, 0.5) is 0 Å². The standard InChI is InChI=1S/C14H29N3O4S.ClH/c1-12-9-21-13(2)8-17(12)22(18,19)16-10-14(11-20-3)4-6-15-7-5-14;/h12-13,15-16H,4-11H2,1-3H3;1H. The van der Waals surface area contributed by atoms with Crippen molar-refractivity contribution >= 4 is 22.6 Å². The highest BCUT2D eigenvalue weighted by Gasteiger charge is 2.37. The zero-order valence-corrected chi connectivity index (χ0v) is 15.8. The van der Waals surface area contributed by atoms with Crippen LogP contribution >= 0.6 is 12.4 Å². The summed E-state index contributed by atoms with van der Waals surface area (Å²) in [4.78, 5) is 0. The fourth-order valence-corrected chi connectivity index (χ4v) is 4.77. The Labute approximate surface area is 146 Å². The quantitative estimate of drug-likeness (QED) is 0.705. The maximum atomic E-state index is 12.6. The van der Waals surface area contributed by atoms with Gasteiger partial charge >= 0.3 is 0 Å². The molecule has 2 saturated heterocycles. The molecule has 0 spiro atoms. The molecular formula is C14H30ClN3O4S. The molecule has 2 heterocycles. The molecule has 9 heteroatoms. The van der Waals surface area contributed by atoms with Crippen molar-refractivity contribution in [2.24, 2.45) is 5.41 Å². The summed E-state index contributed by atoms with van der Waals surface area (Å²) < 4.78 is 40.4. The number of rotatable bonds is 6. The van der Waals surface area contributed by atoms with Gasteiger partial charge in [-0.2, -0.15) is 12.7 Å². The summed E-state index contributed by atoms with van der Waals surface area (Å²) in [5.74, 6) is 0. The predicted molar refractivity (Wildman–Crippen MR) is 92.2 cm³/mol. The Bertz CT molecular complexity index is 451. The first-order chi connectivity index (χ1) is 10.4. The van der Waals surface area contributed by atoms with E-state index in [1.165, 1.54) is 4.31 Å². The van der Waals surface area contributed by atoms with E-state index in [0.717, 1.165) is 25.9 Å². The number of methoxy groups -OCH3 is 1. The van der Waals surface area contributed by atoms with Gasteiger partial charge in [0.2, 0.25) is 0 Å². The summed E-state index contributed by atoms with van der Waals surface area (Å²) in [6.45, 7) is 7.40. The SMILES string of the molecule is COCC1(CNS(=O)(=O)N2CC(C)OCC2C)CCNCC1.Cl. The lowest BCUT2D eigenvalue weighted by molar-refractivity contribution is -0.0178. The number of hydrogen-bond donors (Lipinski definition) is 2. The maximum absolute atomic E-state index is 12.6. The van der Waals surface area contributed by atoms with Crippen LogP contribution in [-0.2, 0) is 19.7 Å². The zero-order chi connectivity index (χ0) is 16.2. The summed E-state index contributed by atoms with van der Waals surface area (Å²) in [6, 6.07) is -0.139. The first kappa shape index (κ1) is 21.1. The minimum absolute atomic E-state index is 0. The minimum atomic E-state index is -3.49. The van der Waals surface area contributed by atoms with Gasteiger partial charge in [0.1, 0.15) is 0 Å². The van der Waals surface area contributed by atoms with Gasteiger partial charge < -0.3 is 14.8 Å². The number of nitrogens with one attached hydrogen (secondary N) is 2. The molecule has 0 bridgehead atoms. The Morgan fingerprint density at radius 3 is 2.61 bits per heavy atom. The molecule has 2 N–H and O–H groups in total. The highest BCUT2D eigenvalue weighted by molar-refractivity contribution is 7.87. The molecule has 0 aromatic rings. The van der Waals surface area contributed by atoms with Gasteiger partial charge in [-0.05, 0) is 39.8 Å². The number of morpholine rings is 1. The average Bonchev–Trinajstić information content (AvgIpc) is 2.49. The fraction of sp³-hybridized carbons (Fsp3) is 1.00. The Morgan fingerprint density at radius 2 is 2.00 bits per heavy atom.